The van der Waals surface area contributed by atoms with Crippen molar-refractivity contribution < 1.29 is 0 Å². The van der Waals surface area contributed by atoms with E-state index in [1.54, 1.807) is 0 Å². The maximum absolute atomic E-state index is 5.65. The zero-order chi connectivity index (χ0) is 66.7. The van der Waals surface area contributed by atoms with Gasteiger partial charge < -0.3 is 13.7 Å². The van der Waals surface area contributed by atoms with Crippen molar-refractivity contribution in [2.24, 2.45) is 0 Å². The fraction of sp³-hybridized carbons (Fsp3) is 0. The molecule has 8 heteroatoms. The molecule has 0 unspecified atom stereocenters. The smallest absolute Gasteiger partial charge is 0.160 e. The first-order chi connectivity index (χ1) is 50.5. The Kier molecular flexibility index (Phi) is 12.6. The van der Waals surface area contributed by atoms with E-state index in [4.69, 9.17) is 9.97 Å². The number of thiophene rings is 3. The maximum atomic E-state index is 5.65. The summed E-state index contributed by atoms with van der Waals surface area (Å²) in [6, 6.07) is 123. The monoisotopic (exact) mass is 1350 g/mol. The van der Waals surface area contributed by atoms with Crippen LogP contribution in [0.1, 0.15) is 0 Å². The summed E-state index contributed by atoms with van der Waals surface area (Å²) in [4.78, 5) is 11.3. The number of hydrogen-bond donors (Lipinski definition) is 0. The second-order valence-corrected chi connectivity index (χ2v) is 30.0. The molecule has 0 radical (unpaired) electrons. The van der Waals surface area contributed by atoms with Crippen LogP contribution < -0.4 is 0 Å². The van der Waals surface area contributed by atoms with Gasteiger partial charge in [0.25, 0.3) is 0 Å². The highest BCUT2D eigenvalue weighted by atomic mass is 32.1. The van der Waals surface area contributed by atoms with Gasteiger partial charge in [0.15, 0.2) is 5.82 Å². The number of rotatable bonds is 9. The molecule has 0 bridgehead atoms. The molecule has 15 aromatic carbocycles. The molecule has 0 N–H and O–H groups in total. The topological polar surface area (TPSA) is 40.6 Å². The molecule has 22 rings (SSSR count). The number of fused-ring (bicyclic) bond motifs is 18. The van der Waals surface area contributed by atoms with Crippen molar-refractivity contribution in [1.29, 1.82) is 0 Å². The minimum atomic E-state index is 0.634. The van der Waals surface area contributed by atoms with Gasteiger partial charge in [-0.2, -0.15) is 0 Å². The molecule has 0 fully saturated rings. The summed E-state index contributed by atoms with van der Waals surface area (Å²) in [5.41, 5.74) is 21.7. The summed E-state index contributed by atoms with van der Waals surface area (Å²) in [6.45, 7) is 0. The van der Waals surface area contributed by atoms with E-state index in [0.717, 1.165) is 78.2 Å². The third-order valence-corrected chi connectivity index (χ3v) is 24.5. The Morgan fingerprint density at radius 3 is 1.01 bits per heavy atom. The van der Waals surface area contributed by atoms with E-state index in [1.807, 2.05) is 34.0 Å². The van der Waals surface area contributed by atoms with Crippen molar-refractivity contribution >= 4 is 160 Å². The van der Waals surface area contributed by atoms with Gasteiger partial charge in [-0.3, -0.25) is 0 Å². The minimum Gasteiger partial charge on any atom is -0.309 e. The highest BCUT2D eigenvalue weighted by Gasteiger charge is 2.22. The molecule has 0 saturated carbocycles. The van der Waals surface area contributed by atoms with Crippen molar-refractivity contribution in [3.05, 3.63) is 334 Å². The van der Waals surface area contributed by atoms with Crippen LogP contribution in [0.25, 0.3) is 210 Å². The molecule has 0 spiro atoms. The Bertz CT molecular complexity index is 7000. The van der Waals surface area contributed by atoms with Crippen molar-refractivity contribution in [2.45, 2.75) is 0 Å². The Balaban J connectivity index is 0.695. The quantitative estimate of drug-likeness (QED) is 0.144. The molecule has 0 aliphatic heterocycles. The molecule has 5 nitrogen and oxygen atoms in total. The lowest BCUT2D eigenvalue weighted by molar-refractivity contribution is 1.15. The molecule has 0 aliphatic rings. The van der Waals surface area contributed by atoms with Gasteiger partial charge in [-0.1, -0.05) is 194 Å². The van der Waals surface area contributed by atoms with Gasteiger partial charge in [-0.05, 0) is 173 Å². The van der Waals surface area contributed by atoms with Crippen molar-refractivity contribution in [3.63, 3.8) is 0 Å². The fourth-order valence-corrected chi connectivity index (χ4v) is 19.6. The molecule has 474 valence electrons. The van der Waals surface area contributed by atoms with Crippen LogP contribution in [0, 0.1) is 0 Å². The number of para-hydroxylation sites is 3. The first kappa shape index (κ1) is 57.4. The van der Waals surface area contributed by atoms with Crippen LogP contribution >= 0.6 is 34.0 Å². The lowest BCUT2D eigenvalue weighted by Crippen LogP contribution is -2.00. The summed E-state index contributed by atoms with van der Waals surface area (Å²) in [5, 5.41) is 15.0. The van der Waals surface area contributed by atoms with Crippen molar-refractivity contribution in [2.75, 3.05) is 0 Å². The predicted molar refractivity (Wildman–Crippen MR) is 436 cm³/mol. The van der Waals surface area contributed by atoms with Gasteiger partial charge >= 0.3 is 0 Å². The van der Waals surface area contributed by atoms with Crippen molar-refractivity contribution in [1.82, 2.24) is 23.7 Å². The first-order valence-corrected chi connectivity index (χ1v) is 37.0. The largest absolute Gasteiger partial charge is 0.309 e. The molecular weight excluding hydrogens is 1300 g/mol. The van der Waals surface area contributed by atoms with E-state index in [9.17, 15) is 0 Å². The van der Waals surface area contributed by atoms with Gasteiger partial charge in [-0.15, -0.1) is 34.0 Å². The van der Waals surface area contributed by atoms with Crippen LogP contribution in [-0.4, -0.2) is 23.7 Å². The van der Waals surface area contributed by atoms with Crippen LogP contribution in [0.4, 0.5) is 0 Å². The van der Waals surface area contributed by atoms with Crippen LogP contribution in [0.3, 0.4) is 0 Å². The molecule has 22 aromatic rings. The number of nitrogens with zero attached hydrogens (tertiary/aromatic N) is 5. The summed E-state index contributed by atoms with van der Waals surface area (Å²) >= 11 is 5.57. The Labute approximate surface area is 597 Å². The second-order valence-electron chi connectivity index (χ2n) is 26.8. The minimum absolute atomic E-state index is 0.634. The number of hydrogen-bond acceptors (Lipinski definition) is 5. The van der Waals surface area contributed by atoms with Gasteiger partial charge in [0, 0.05) is 127 Å². The zero-order valence-corrected chi connectivity index (χ0v) is 57.2. The summed E-state index contributed by atoms with van der Waals surface area (Å²) in [7, 11) is 0. The molecule has 102 heavy (non-hydrogen) atoms. The lowest BCUT2D eigenvalue weighted by Gasteiger charge is -2.14. The SMILES string of the molecule is c1cc(-c2cc(-c3cccc(-n4c5ccccc5c5cc(-c6ccc7sc8ccccc8c7c6)ccc54)c3)nc(-c3cccc(-n4c5ccccc5c5ccc(-c6ccc7c(c6)sc6ccccc67)cc54)c3)n2)cc(-n2c3ccccc3c3cc(-c4ccc5sc6ccccc6c5c4)ccc32)c1. The van der Waals surface area contributed by atoms with Gasteiger partial charge in [-0.25, -0.2) is 9.97 Å². The van der Waals surface area contributed by atoms with Crippen LogP contribution in [-0.2, 0) is 0 Å². The normalized spacial score (nSPS) is 12.1. The summed E-state index contributed by atoms with van der Waals surface area (Å²) in [6.07, 6.45) is 0. The third-order valence-electron chi connectivity index (χ3n) is 21.0. The van der Waals surface area contributed by atoms with E-state index >= 15 is 0 Å². The van der Waals surface area contributed by atoms with E-state index in [1.165, 1.54) is 126 Å². The average molecular weight is 1350 g/mol. The lowest BCUT2D eigenvalue weighted by atomic mass is 10.0. The van der Waals surface area contributed by atoms with Gasteiger partial charge in [0.2, 0.25) is 0 Å². The standard InChI is InChI=1S/C94H55N5S3/c1-7-28-82-68(22-1)71-40-34-60(61-35-41-75-72-25-4-10-31-88(72)102-93(75)54-61)53-87(71)99(82)67-21-15-18-64(48-67)94-95-80(62-16-13-19-65(46-62)97-83-29-8-2-23-69(83)76-49-56(36-42-85(76)97)58-38-44-91-78(51-58)73-26-5-11-32-89(73)100-91)55-81(96-94)63-17-14-20-66(47-63)98-84-30-9-3-24-70(84)77-50-57(37-43-86(77)98)59-39-45-92-79(52-59)74-27-6-12-33-90(74)101-92/h1-55H. The maximum Gasteiger partial charge on any atom is 0.160 e. The van der Waals surface area contributed by atoms with Gasteiger partial charge in [0.05, 0.1) is 44.5 Å². The summed E-state index contributed by atoms with van der Waals surface area (Å²) < 4.78 is 15.1. The van der Waals surface area contributed by atoms with Crippen LogP contribution in [0.2, 0.25) is 0 Å². The Hall–Kier alpha value is -12.6. The molecule has 0 saturated heterocycles. The average Bonchev–Trinajstić information content (AvgIpc) is 1.61. The molecular formula is C94H55N5S3. The predicted octanol–water partition coefficient (Wildman–Crippen LogP) is 26.9. The van der Waals surface area contributed by atoms with E-state index in [0.29, 0.717) is 5.82 Å². The van der Waals surface area contributed by atoms with E-state index in [2.05, 4.69) is 347 Å². The molecule has 0 aliphatic carbocycles. The van der Waals surface area contributed by atoms with Gasteiger partial charge in [0.1, 0.15) is 0 Å². The molecule has 7 aromatic heterocycles. The van der Waals surface area contributed by atoms with E-state index in [-0.39, 0.29) is 0 Å². The Morgan fingerprint density at radius 1 is 0.176 bits per heavy atom. The molecule has 0 atom stereocenters. The van der Waals surface area contributed by atoms with Crippen LogP contribution in [0.5, 0.6) is 0 Å². The van der Waals surface area contributed by atoms with Crippen LogP contribution in [0.15, 0.2) is 334 Å². The third kappa shape index (κ3) is 9.00. The summed E-state index contributed by atoms with van der Waals surface area (Å²) in [5.74, 6) is 0.634. The molecule has 0 amide bonds. The Morgan fingerprint density at radius 2 is 0.500 bits per heavy atom. The highest BCUT2D eigenvalue weighted by Crippen LogP contribution is 2.45. The highest BCUT2D eigenvalue weighted by molar-refractivity contribution is 7.26. The first-order valence-electron chi connectivity index (χ1n) is 34.6. The van der Waals surface area contributed by atoms with Crippen molar-refractivity contribution in [3.8, 4) is 84.3 Å². The second kappa shape index (κ2) is 22.5. The zero-order valence-electron chi connectivity index (χ0n) is 54.7. The number of aromatic nitrogens is 5. The number of benzene rings is 15. The fourth-order valence-electron chi connectivity index (χ4n) is 16.3. The van der Waals surface area contributed by atoms with E-state index < -0.39 is 0 Å². The molecule has 7 heterocycles.